The predicted molar refractivity (Wildman–Crippen MR) is 118 cm³/mol. The van der Waals surface area contributed by atoms with E-state index >= 15 is 0 Å². The first-order valence-corrected chi connectivity index (χ1v) is 10.8. The largest absolute Gasteiger partial charge is 0.493 e. The van der Waals surface area contributed by atoms with Crippen molar-refractivity contribution in [2.24, 2.45) is 0 Å². The van der Waals surface area contributed by atoms with Crippen LogP contribution in [-0.2, 0) is 11.3 Å². The Bertz CT molecular complexity index is 938. The van der Waals surface area contributed by atoms with E-state index in [0.29, 0.717) is 13.1 Å². The predicted octanol–water partition coefficient (Wildman–Crippen LogP) is 4.24. The minimum Gasteiger partial charge on any atom is -0.493 e. The molecule has 2 aliphatic rings. The highest BCUT2D eigenvalue weighted by Gasteiger charge is 2.30. The van der Waals surface area contributed by atoms with Gasteiger partial charge in [-0.3, -0.25) is 4.79 Å². The number of hydrogen-bond acceptors (Lipinski definition) is 4. The van der Waals surface area contributed by atoms with Crippen LogP contribution in [0, 0.1) is 0 Å². The van der Waals surface area contributed by atoms with Crippen LogP contribution in [0.4, 0.5) is 10.5 Å². The zero-order valence-electron chi connectivity index (χ0n) is 18.0. The van der Waals surface area contributed by atoms with Gasteiger partial charge in [-0.15, -0.1) is 0 Å². The average molecular weight is 424 g/mol. The van der Waals surface area contributed by atoms with Crippen LogP contribution in [0.1, 0.15) is 49.8 Å². The number of carbonyl (C=O) groups excluding carboxylic acids is 2. The maximum Gasteiger partial charge on any atom is 0.318 e. The third kappa shape index (κ3) is 5.10. The molecule has 7 nitrogen and oxygen atoms in total. The highest BCUT2D eigenvalue weighted by molar-refractivity contribution is 5.88. The Labute approximate surface area is 182 Å². The third-order valence-electron chi connectivity index (χ3n) is 5.82. The first-order valence-electron chi connectivity index (χ1n) is 10.8. The molecule has 2 aromatic rings. The molecule has 1 heterocycles. The Hall–Kier alpha value is -3.22. The van der Waals surface area contributed by atoms with Gasteiger partial charge in [-0.2, -0.15) is 0 Å². The zero-order valence-corrected chi connectivity index (χ0v) is 18.0. The number of carbonyl (C=O) groups is 2. The molecular formula is C24H29N3O4. The van der Waals surface area contributed by atoms with E-state index in [0.717, 1.165) is 41.2 Å². The van der Waals surface area contributed by atoms with Gasteiger partial charge < -0.3 is 25.0 Å². The molecular weight excluding hydrogens is 394 g/mol. The highest BCUT2D eigenvalue weighted by Crippen LogP contribution is 2.35. The standard InChI is InChI=1S/C24H29N3O4/c1-16(28)25-19-10-7-17(8-11-19)14-27-15-21(26-24(27)29)18-9-12-22(30-2)23(13-18)31-20-5-3-4-6-20/h7-13,20-21H,3-6,14-15H2,1-2H3,(H,25,28)(H,26,29). The molecule has 164 valence electrons. The third-order valence-corrected chi connectivity index (χ3v) is 5.82. The van der Waals surface area contributed by atoms with E-state index in [4.69, 9.17) is 9.47 Å². The Kier molecular flexibility index (Phi) is 6.30. The number of ether oxygens (including phenoxy) is 2. The molecule has 1 saturated carbocycles. The van der Waals surface area contributed by atoms with Crippen molar-refractivity contribution in [2.45, 2.75) is 51.3 Å². The highest BCUT2D eigenvalue weighted by atomic mass is 16.5. The second kappa shape index (κ2) is 9.29. The number of rotatable bonds is 7. The molecule has 0 spiro atoms. The Morgan fingerprint density at radius 3 is 2.55 bits per heavy atom. The minimum absolute atomic E-state index is 0.0926. The van der Waals surface area contributed by atoms with Crippen molar-refractivity contribution in [1.82, 2.24) is 10.2 Å². The fraction of sp³-hybridized carbons (Fsp3) is 0.417. The SMILES string of the molecule is COc1ccc(C2CN(Cc3ccc(NC(C)=O)cc3)C(=O)N2)cc1OC1CCCC1. The average Bonchev–Trinajstić information content (AvgIpc) is 3.39. The summed E-state index contributed by atoms with van der Waals surface area (Å²) < 4.78 is 11.7. The normalized spacial score (nSPS) is 18.7. The van der Waals surface area contributed by atoms with Gasteiger partial charge in [-0.05, 0) is 61.1 Å². The second-order valence-electron chi connectivity index (χ2n) is 8.20. The van der Waals surface area contributed by atoms with Crippen LogP contribution in [-0.4, -0.2) is 36.6 Å². The van der Waals surface area contributed by atoms with Crippen LogP contribution in [0.3, 0.4) is 0 Å². The molecule has 0 radical (unpaired) electrons. The number of nitrogens with zero attached hydrogens (tertiary/aromatic N) is 1. The number of anilines is 1. The van der Waals surface area contributed by atoms with E-state index in [1.165, 1.54) is 19.8 Å². The van der Waals surface area contributed by atoms with Crippen molar-refractivity contribution in [3.63, 3.8) is 0 Å². The number of benzene rings is 2. The summed E-state index contributed by atoms with van der Waals surface area (Å²) >= 11 is 0. The lowest BCUT2D eigenvalue weighted by molar-refractivity contribution is -0.114. The summed E-state index contributed by atoms with van der Waals surface area (Å²) in [5.41, 5.74) is 2.75. The summed E-state index contributed by atoms with van der Waals surface area (Å²) in [6.45, 7) is 2.55. The van der Waals surface area contributed by atoms with Gasteiger partial charge in [0.15, 0.2) is 11.5 Å². The molecule has 31 heavy (non-hydrogen) atoms. The van der Waals surface area contributed by atoms with E-state index in [1.54, 1.807) is 12.0 Å². The number of nitrogens with one attached hydrogen (secondary N) is 2. The number of methoxy groups -OCH3 is 1. The van der Waals surface area contributed by atoms with Crippen LogP contribution in [0.2, 0.25) is 0 Å². The molecule has 3 amide bonds. The molecule has 1 saturated heterocycles. The van der Waals surface area contributed by atoms with E-state index < -0.39 is 0 Å². The van der Waals surface area contributed by atoms with Gasteiger partial charge in [0.1, 0.15) is 0 Å². The van der Waals surface area contributed by atoms with Crippen LogP contribution >= 0.6 is 0 Å². The zero-order chi connectivity index (χ0) is 21.8. The summed E-state index contributed by atoms with van der Waals surface area (Å²) in [6, 6.07) is 13.2. The molecule has 1 aliphatic carbocycles. The van der Waals surface area contributed by atoms with E-state index in [-0.39, 0.29) is 24.1 Å². The summed E-state index contributed by atoms with van der Waals surface area (Å²) in [5.74, 6) is 1.36. The van der Waals surface area contributed by atoms with Crippen molar-refractivity contribution in [3.8, 4) is 11.5 Å². The van der Waals surface area contributed by atoms with Crippen molar-refractivity contribution in [3.05, 3.63) is 53.6 Å². The molecule has 0 bridgehead atoms. The fourth-order valence-corrected chi connectivity index (χ4v) is 4.22. The smallest absolute Gasteiger partial charge is 0.318 e. The van der Waals surface area contributed by atoms with Gasteiger partial charge in [0.25, 0.3) is 0 Å². The molecule has 2 fully saturated rings. The lowest BCUT2D eigenvalue weighted by Gasteiger charge is -2.19. The quantitative estimate of drug-likeness (QED) is 0.698. The summed E-state index contributed by atoms with van der Waals surface area (Å²) in [5, 5.41) is 5.82. The first-order chi connectivity index (χ1) is 15.0. The monoisotopic (exact) mass is 423 g/mol. The van der Waals surface area contributed by atoms with E-state index in [2.05, 4.69) is 10.6 Å². The topological polar surface area (TPSA) is 79.9 Å². The van der Waals surface area contributed by atoms with E-state index in [9.17, 15) is 9.59 Å². The second-order valence-corrected chi connectivity index (χ2v) is 8.20. The van der Waals surface area contributed by atoms with Gasteiger partial charge in [0.2, 0.25) is 5.91 Å². The van der Waals surface area contributed by atoms with Crippen LogP contribution in [0.25, 0.3) is 0 Å². The lowest BCUT2D eigenvalue weighted by Crippen LogP contribution is -2.27. The molecule has 1 unspecified atom stereocenters. The van der Waals surface area contributed by atoms with Crippen LogP contribution in [0.15, 0.2) is 42.5 Å². The number of amides is 3. The minimum atomic E-state index is -0.108. The van der Waals surface area contributed by atoms with E-state index in [1.807, 2.05) is 42.5 Å². The summed E-state index contributed by atoms with van der Waals surface area (Å²) in [4.78, 5) is 25.5. The molecule has 0 aromatic heterocycles. The Balaban J connectivity index is 1.43. The maximum atomic E-state index is 12.6. The van der Waals surface area contributed by atoms with Gasteiger partial charge in [-0.25, -0.2) is 4.79 Å². The fourth-order valence-electron chi connectivity index (χ4n) is 4.22. The number of hydrogen-bond donors (Lipinski definition) is 2. The van der Waals surface area contributed by atoms with Crippen LogP contribution < -0.4 is 20.1 Å². The summed E-state index contributed by atoms with van der Waals surface area (Å²) in [6.07, 6.45) is 4.78. The molecule has 2 aromatic carbocycles. The molecule has 1 atom stereocenters. The van der Waals surface area contributed by atoms with Gasteiger partial charge in [0, 0.05) is 25.7 Å². The maximum absolute atomic E-state index is 12.6. The summed E-state index contributed by atoms with van der Waals surface area (Å²) in [7, 11) is 1.65. The van der Waals surface area contributed by atoms with Crippen molar-refractivity contribution < 1.29 is 19.1 Å². The van der Waals surface area contributed by atoms with Crippen molar-refractivity contribution in [1.29, 1.82) is 0 Å². The lowest BCUT2D eigenvalue weighted by atomic mass is 10.1. The first kappa shape index (κ1) is 21.0. The van der Waals surface area contributed by atoms with Gasteiger partial charge in [0.05, 0.1) is 19.3 Å². The molecule has 2 N–H and O–H groups in total. The van der Waals surface area contributed by atoms with Gasteiger partial charge >= 0.3 is 6.03 Å². The molecule has 1 aliphatic heterocycles. The molecule has 7 heteroatoms. The van der Waals surface area contributed by atoms with Crippen molar-refractivity contribution >= 4 is 17.6 Å². The number of urea groups is 1. The van der Waals surface area contributed by atoms with Crippen molar-refractivity contribution in [2.75, 3.05) is 19.0 Å². The van der Waals surface area contributed by atoms with Gasteiger partial charge in [-0.1, -0.05) is 18.2 Å². The molecule has 4 rings (SSSR count). The Morgan fingerprint density at radius 1 is 1.13 bits per heavy atom. The Morgan fingerprint density at radius 2 is 1.87 bits per heavy atom. The van der Waals surface area contributed by atoms with Crippen LogP contribution in [0.5, 0.6) is 11.5 Å².